The zero-order valence-electron chi connectivity index (χ0n) is 7.99. The molecule has 0 aliphatic carbocycles. The van der Waals surface area contributed by atoms with Gasteiger partial charge in [0, 0.05) is 5.57 Å². The van der Waals surface area contributed by atoms with Gasteiger partial charge in [-0.1, -0.05) is 19.1 Å². The second-order valence-electron chi connectivity index (χ2n) is 2.87. The van der Waals surface area contributed by atoms with Crippen molar-refractivity contribution in [2.45, 2.75) is 13.3 Å². The smallest absolute Gasteiger partial charge is 0.0991 e. The van der Waals surface area contributed by atoms with Gasteiger partial charge in [-0.2, -0.15) is 10.5 Å². The van der Waals surface area contributed by atoms with Crippen LogP contribution in [0.4, 0.5) is 0 Å². The lowest BCUT2D eigenvalue weighted by Crippen LogP contribution is -1.78. The number of hydrogen-bond donors (Lipinski definition) is 0. The molecule has 68 valence electrons. The summed E-state index contributed by atoms with van der Waals surface area (Å²) in [4.78, 5) is 0. The zero-order valence-corrected chi connectivity index (χ0v) is 7.99. The number of rotatable bonds is 2. The molecule has 0 bridgehead atoms. The Labute approximate surface area is 83.7 Å². The lowest BCUT2D eigenvalue weighted by Gasteiger charge is -1.94. The van der Waals surface area contributed by atoms with Crippen LogP contribution in [-0.4, -0.2) is 0 Å². The van der Waals surface area contributed by atoms with Crippen LogP contribution < -0.4 is 0 Å². The Bertz CT molecular complexity index is 413. The number of allylic oxidation sites excluding steroid dienone is 1. The van der Waals surface area contributed by atoms with Crippen LogP contribution in [0.1, 0.15) is 24.5 Å². The van der Waals surface area contributed by atoms with E-state index < -0.39 is 0 Å². The van der Waals surface area contributed by atoms with Crippen molar-refractivity contribution in [2.24, 2.45) is 0 Å². The van der Waals surface area contributed by atoms with Gasteiger partial charge in [0.15, 0.2) is 0 Å². The maximum absolute atomic E-state index is 8.72. The lowest BCUT2D eigenvalue weighted by atomic mass is 10.1. The molecule has 0 fully saturated rings. The second-order valence-corrected chi connectivity index (χ2v) is 2.87. The summed E-state index contributed by atoms with van der Waals surface area (Å²) >= 11 is 0. The van der Waals surface area contributed by atoms with Crippen LogP contribution >= 0.6 is 0 Å². The molecule has 0 saturated carbocycles. The molecular formula is C12H10N2. The van der Waals surface area contributed by atoms with Crippen molar-refractivity contribution in [2.75, 3.05) is 0 Å². The first-order chi connectivity index (χ1) is 6.80. The highest BCUT2D eigenvalue weighted by atomic mass is 14.2. The molecule has 0 heterocycles. The van der Waals surface area contributed by atoms with Crippen molar-refractivity contribution in [3.63, 3.8) is 0 Å². The molecule has 0 unspecified atom stereocenters. The van der Waals surface area contributed by atoms with Crippen molar-refractivity contribution in [1.82, 2.24) is 0 Å². The Morgan fingerprint density at radius 1 is 1.29 bits per heavy atom. The zero-order chi connectivity index (χ0) is 10.4. The van der Waals surface area contributed by atoms with Crippen molar-refractivity contribution >= 4 is 6.08 Å². The van der Waals surface area contributed by atoms with Crippen LogP contribution in [0.2, 0.25) is 0 Å². The van der Waals surface area contributed by atoms with Crippen molar-refractivity contribution in [3.05, 3.63) is 41.0 Å². The van der Waals surface area contributed by atoms with E-state index in [4.69, 9.17) is 10.5 Å². The number of nitrogens with zero attached hydrogens (tertiary/aromatic N) is 2. The predicted octanol–water partition coefficient (Wildman–Crippen LogP) is 2.88. The van der Waals surface area contributed by atoms with Crippen molar-refractivity contribution in [1.29, 1.82) is 10.5 Å². The highest BCUT2D eigenvalue weighted by Gasteiger charge is 1.93. The Morgan fingerprint density at radius 3 is 2.36 bits per heavy atom. The van der Waals surface area contributed by atoms with Gasteiger partial charge < -0.3 is 0 Å². The van der Waals surface area contributed by atoms with E-state index in [1.807, 2.05) is 31.2 Å². The Morgan fingerprint density at radius 2 is 1.93 bits per heavy atom. The third-order valence-corrected chi connectivity index (χ3v) is 1.91. The Balaban J connectivity index is 2.95. The van der Waals surface area contributed by atoms with E-state index >= 15 is 0 Å². The molecule has 0 spiro atoms. The van der Waals surface area contributed by atoms with Crippen molar-refractivity contribution < 1.29 is 0 Å². The summed E-state index contributed by atoms with van der Waals surface area (Å²) in [5.41, 5.74) is 2.34. The van der Waals surface area contributed by atoms with Gasteiger partial charge >= 0.3 is 0 Å². The Kier molecular flexibility index (Phi) is 3.47. The summed E-state index contributed by atoms with van der Waals surface area (Å²) < 4.78 is 0. The van der Waals surface area contributed by atoms with Crippen molar-refractivity contribution in [3.8, 4) is 12.1 Å². The van der Waals surface area contributed by atoms with Crippen LogP contribution in [0.3, 0.4) is 0 Å². The van der Waals surface area contributed by atoms with E-state index in [1.165, 1.54) is 0 Å². The molecule has 1 aromatic rings. The quantitative estimate of drug-likeness (QED) is 0.660. The van der Waals surface area contributed by atoms with Gasteiger partial charge in [0.2, 0.25) is 0 Å². The maximum atomic E-state index is 8.72. The van der Waals surface area contributed by atoms with Crippen LogP contribution in [0.15, 0.2) is 29.8 Å². The van der Waals surface area contributed by atoms with Crippen LogP contribution in [-0.2, 0) is 0 Å². The van der Waals surface area contributed by atoms with Gasteiger partial charge in [0.05, 0.1) is 17.7 Å². The lowest BCUT2D eigenvalue weighted by molar-refractivity contribution is 1.16. The van der Waals surface area contributed by atoms with Gasteiger partial charge in [-0.15, -0.1) is 0 Å². The van der Waals surface area contributed by atoms with Crippen LogP contribution in [0.25, 0.3) is 6.08 Å². The molecule has 0 amide bonds. The minimum Gasteiger partial charge on any atom is -0.193 e. The number of nitriles is 2. The van der Waals surface area contributed by atoms with Crippen LogP contribution in [0.5, 0.6) is 0 Å². The first-order valence-corrected chi connectivity index (χ1v) is 4.41. The molecule has 0 aromatic heterocycles. The largest absolute Gasteiger partial charge is 0.193 e. The van der Waals surface area contributed by atoms with E-state index in [2.05, 4.69) is 6.07 Å². The molecule has 0 saturated heterocycles. The first-order valence-electron chi connectivity index (χ1n) is 4.41. The summed E-state index contributed by atoms with van der Waals surface area (Å²) in [7, 11) is 0. The van der Waals surface area contributed by atoms with Crippen LogP contribution in [0, 0.1) is 22.7 Å². The maximum Gasteiger partial charge on any atom is 0.0991 e. The average Bonchev–Trinajstić information content (AvgIpc) is 2.26. The molecule has 2 heteroatoms. The second kappa shape index (κ2) is 4.84. The van der Waals surface area contributed by atoms with E-state index in [9.17, 15) is 0 Å². The molecule has 1 aromatic carbocycles. The summed E-state index contributed by atoms with van der Waals surface area (Å²) in [6.45, 7) is 1.94. The highest BCUT2D eigenvalue weighted by molar-refractivity contribution is 5.57. The molecular weight excluding hydrogens is 172 g/mol. The van der Waals surface area contributed by atoms with Gasteiger partial charge in [-0.3, -0.25) is 0 Å². The molecule has 1 rings (SSSR count). The van der Waals surface area contributed by atoms with E-state index in [1.54, 1.807) is 12.1 Å². The molecule has 0 aliphatic heterocycles. The van der Waals surface area contributed by atoms with E-state index in [0.29, 0.717) is 5.56 Å². The van der Waals surface area contributed by atoms with E-state index in [-0.39, 0.29) is 0 Å². The van der Waals surface area contributed by atoms with Gasteiger partial charge in [0.25, 0.3) is 0 Å². The predicted molar refractivity (Wildman–Crippen MR) is 55.0 cm³/mol. The molecule has 0 radical (unpaired) electrons. The Hall–Kier alpha value is -2.06. The molecule has 0 N–H and O–H groups in total. The SMILES string of the molecule is CC/C(C#N)=C/c1ccc(C#N)cc1. The molecule has 14 heavy (non-hydrogen) atoms. The minimum absolute atomic E-state index is 0.636. The summed E-state index contributed by atoms with van der Waals surface area (Å²) in [5.74, 6) is 0. The topological polar surface area (TPSA) is 47.6 Å². The monoisotopic (exact) mass is 182 g/mol. The minimum atomic E-state index is 0.636. The van der Waals surface area contributed by atoms with Gasteiger partial charge in [-0.05, 0) is 30.2 Å². The first kappa shape index (κ1) is 10.0. The highest BCUT2D eigenvalue weighted by Crippen LogP contribution is 2.09. The fourth-order valence-corrected chi connectivity index (χ4v) is 1.07. The van der Waals surface area contributed by atoms with Gasteiger partial charge in [0.1, 0.15) is 0 Å². The summed E-state index contributed by atoms with van der Waals surface area (Å²) in [6, 6.07) is 11.3. The van der Waals surface area contributed by atoms with E-state index in [0.717, 1.165) is 17.6 Å². The number of benzene rings is 1. The summed E-state index contributed by atoms with van der Waals surface area (Å²) in [5, 5.41) is 17.3. The molecule has 0 atom stereocenters. The third-order valence-electron chi connectivity index (χ3n) is 1.91. The fraction of sp³-hybridized carbons (Fsp3) is 0.167. The standard InChI is InChI=1S/C12H10N2/c1-2-10(8-13)7-11-3-5-12(9-14)6-4-11/h3-7H,2H2,1H3/b10-7-. The normalized spacial score (nSPS) is 10.4. The third kappa shape index (κ3) is 2.47. The molecule has 0 aliphatic rings. The molecule has 2 nitrogen and oxygen atoms in total. The summed E-state index contributed by atoms with van der Waals surface area (Å²) in [6.07, 6.45) is 2.57. The van der Waals surface area contributed by atoms with Gasteiger partial charge in [-0.25, -0.2) is 0 Å². The average molecular weight is 182 g/mol. The number of hydrogen-bond acceptors (Lipinski definition) is 2. The fourth-order valence-electron chi connectivity index (χ4n) is 1.07.